The molecule has 1 aromatic rings. The maximum atomic E-state index is 12.0. The predicted octanol–water partition coefficient (Wildman–Crippen LogP) is 2.23. The Bertz CT molecular complexity index is 492. The highest BCUT2D eigenvalue weighted by atomic mass is 16.2. The summed E-state index contributed by atoms with van der Waals surface area (Å²) in [7, 11) is 0. The number of likely N-dealkylation sites (tertiary alicyclic amines) is 1. The molecule has 2 rings (SSSR count). The van der Waals surface area contributed by atoms with Gasteiger partial charge in [0.2, 0.25) is 5.91 Å². The van der Waals surface area contributed by atoms with Crippen molar-refractivity contribution in [3.05, 3.63) is 29.8 Å². The topological polar surface area (TPSA) is 56.1 Å². The summed E-state index contributed by atoms with van der Waals surface area (Å²) >= 11 is 0. The van der Waals surface area contributed by atoms with Crippen molar-refractivity contribution in [2.24, 2.45) is 5.92 Å². The Labute approximate surface area is 114 Å². The number of benzene rings is 1. The number of hydrogen-bond donors (Lipinski definition) is 1. The number of anilines is 1. The van der Waals surface area contributed by atoms with E-state index in [9.17, 15) is 4.79 Å². The number of nitrogens with zero attached hydrogens (tertiary/aromatic N) is 2. The molecule has 1 fully saturated rings. The van der Waals surface area contributed by atoms with Crippen LogP contribution < -0.4 is 5.32 Å². The lowest BCUT2D eigenvalue weighted by molar-refractivity contribution is -0.117. The predicted molar refractivity (Wildman–Crippen MR) is 74.6 cm³/mol. The zero-order valence-corrected chi connectivity index (χ0v) is 11.2. The normalized spacial score (nSPS) is 19.7. The Morgan fingerprint density at radius 3 is 3.16 bits per heavy atom. The Morgan fingerprint density at radius 1 is 1.58 bits per heavy atom. The molecule has 1 amide bonds. The molecule has 1 unspecified atom stereocenters. The zero-order chi connectivity index (χ0) is 13.7. The van der Waals surface area contributed by atoms with Crippen LogP contribution in [0.2, 0.25) is 0 Å². The average Bonchev–Trinajstić information content (AvgIpc) is 2.38. The minimum atomic E-state index is -0.0100. The monoisotopic (exact) mass is 257 g/mol. The van der Waals surface area contributed by atoms with Gasteiger partial charge in [0, 0.05) is 12.2 Å². The van der Waals surface area contributed by atoms with Crippen LogP contribution in [0.1, 0.15) is 25.3 Å². The summed E-state index contributed by atoms with van der Waals surface area (Å²) in [4.78, 5) is 14.1. The Kier molecular flexibility index (Phi) is 4.53. The molecule has 1 aromatic carbocycles. The molecular weight excluding hydrogens is 238 g/mol. The SMILES string of the molecule is CC1CCCN(CC(=O)Nc2cccc(C#N)c2)C1. The fourth-order valence-corrected chi connectivity index (χ4v) is 2.50. The van der Waals surface area contributed by atoms with Gasteiger partial charge in [-0.25, -0.2) is 0 Å². The van der Waals surface area contributed by atoms with E-state index >= 15 is 0 Å². The Balaban J connectivity index is 1.88. The number of nitriles is 1. The lowest BCUT2D eigenvalue weighted by Gasteiger charge is -2.30. The molecule has 1 heterocycles. The van der Waals surface area contributed by atoms with Gasteiger partial charge in [-0.1, -0.05) is 13.0 Å². The van der Waals surface area contributed by atoms with Gasteiger partial charge in [0.1, 0.15) is 0 Å². The molecule has 4 heteroatoms. The first-order chi connectivity index (χ1) is 9.17. The molecule has 0 radical (unpaired) electrons. The van der Waals surface area contributed by atoms with Crippen molar-refractivity contribution in [1.29, 1.82) is 5.26 Å². The first kappa shape index (κ1) is 13.6. The Morgan fingerprint density at radius 2 is 2.42 bits per heavy atom. The molecule has 0 aliphatic carbocycles. The molecule has 0 bridgehead atoms. The fourth-order valence-electron chi connectivity index (χ4n) is 2.50. The van der Waals surface area contributed by atoms with E-state index in [1.54, 1.807) is 24.3 Å². The number of piperidine rings is 1. The van der Waals surface area contributed by atoms with E-state index in [4.69, 9.17) is 5.26 Å². The van der Waals surface area contributed by atoms with Crippen LogP contribution in [0.5, 0.6) is 0 Å². The second-order valence-electron chi connectivity index (χ2n) is 5.22. The van der Waals surface area contributed by atoms with Gasteiger partial charge in [-0.3, -0.25) is 9.69 Å². The average molecular weight is 257 g/mol. The van der Waals surface area contributed by atoms with Crippen LogP contribution in [0.25, 0.3) is 0 Å². The van der Waals surface area contributed by atoms with E-state index in [1.807, 2.05) is 0 Å². The Hall–Kier alpha value is -1.86. The minimum Gasteiger partial charge on any atom is -0.325 e. The second kappa shape index (κ2) is 6.35. The van der Waals surface area contributed by atoms with E-state index in [2.05, 4.69) is 23.2 Å². The van der Waals surface area contributed by atoms with Gasteiger partial charge in [-0.2, -0.15) is 5.26 Å². The molecule has 4 nitrogen and oxygen atoms in total. The van der Waals surface area contributed by atoms with Crippen LogP contribution in [0.4, 0.5) is 5.69 Å². The van der Waals surface area contributed by atoms with Gasteiger partial charge in [0.25, 0.3) is 0 Å². The maximum absolute atomic E-state index is 12.0. The lowest BCUT2D eigenvalue weighted by Crippen LogP contribution is -2.39. The van der Waals surface area contributed by atoms with Gasteiger partial charge >= 0.3 is 0 Å². The van der Waals surface area contributed by atoms with E-state index < -0.39 is 0 Å². The lowest BCUT2D eigenvalue weighted by atomic mass is 10.0. The van der Waals surface area contributed by atoms with Crippen LogP contribution in [0.3, 0.4) is 0 Å². The third-order valence-corrected chi connectivity index (χ3v) is 3.38. The number of carbonyl (C=O) groups is 1. The van der Waals surface area contributed by atoms with Crippen molar-refractivity contribution in [2.75, 3.05) is 25.0 Å². The number of hydrogen-bond acceptors (Lipinski definition) is 3. The molecule has 1 saturated heterocycles. The minimum absolute atomic E-state index is 0.0100. The van der Waals surface area contributed by atoms with Gasteiger partial charge in [-0.05, 0) is 43.5 Å². The van der Waals surface area contributed by atoms with Crippen LogP contribution in [0, 0.1) is 17.2 Å². The summed E-state index contributed by atoms with van der Waals surface area (Å²) in [6, 6.07) is 9.06. The van der Waals surface area contributed by atoms with Gasteiger partial charge in [0.05, 0.1) is 18.2 Å². The highest BCUT2D eigenvalue weighted by Crippen LogP contribution is 2.15. The summed E-state index contributed by atoms with van der Waals surface area (Å²) in [5.74, 6) is 0.660. The van der Waals surface area contributed by atoms with Gasteiger partial charge < -0.3 is 5.32 Å². The van der Waals surface area contributed by atoms with Crippen LogP contribution in [-0.2, 0) is 4.79 Å². The molecule has 1 N–H and O–H groups in total. The highest BCUT2D eigenvalue weighted by molar-refractivity contribution is 5.92. The quantitative estimate of drug-likeness (QED) is 0.903. The van der Waals surface area contributed by atoms with Crippen molar-refractivity contribution in [1.82, 2.24) is 4.90 Å². The summed E-state index contributed by atoms with van der Waals surface area (Å²) in [6.07, 6.45) is 2.42. The summed E-state index contributed by atoms with van der Waals surface area (Å²) in [5.41, 5.74) is 1.25. The third kappa shape index (κ3) is 4.08. The first-order valence-electron chi connectivity index (χ1n) is 6.70. The molecule has 1 aliphatic heterocycles. The van der Waals surface area contributed by atoms with Crippen molar-refractivity contribution in [3.8, 4) is 6.07 Å². The molecule has 0 spiro atoms. The van der Waals surface area contributed by atoms with Gasteiger partial charge in [0.15, 0.2) is 0 Å². The van der Waals surface area contributed by atoms with E-state index in [-0.39, 0.29) is 5.91 Å². The summed E-state index contributed by atoms with van der Waals surface area (Å²) in [6.45, 7) is 4.64. The largest absolute Gasteiger partial charge is 0.325 e. The molecule has 19 heavy (non-hydrogen) atoms. The number of nitrogens with one attached hydrogen (secondary N) is 1. The second-order valence-corrected chi connectivity index (χ2v) is 5.22. The fraction of sp³-hybridized carbons (Fsp3) is 0.467. The van der Waals surface area contributed by atoms with E-state index in [0.29, 0.717) is 23.7 Å². The van der Waals surface area contributed by atoms with Gasteiger partial charge in [-0.15, -0.1) is 0 Å². The number of amides is 1. The highest BCUT2D eigenvalue weighted by Gasteiger charge is 2.18. The molecular formula is C15H19N3O. The summed E-state index contributed by atoms with van der Waals surface area (Å²) < 4.78 is 0. The molecule has 1 aliphatic rings. The van der Waals surface area contributed by atoms with Crippen LogP contribution >= 0.6 is 0 Å². The first-order valence-corrected chi connectivity index (χ1v) is 6.70. The number of rotatable bonds is 3. The number of carbonyl (C=O) groups excluding carboxylic acids is 1. The molecule has 0 aromatic heterocycles. The van der Waals surface area contributed by atoms with Crippen molar-refractivity contribution >= 4 is 11.6 Å². The smallest absolute Gasteiger partial charge is 0.238 e. The van der Waals surface area contributed by atoms with Crippen molar-refractivity contribution < 1.29 is 4.79 Å². The molecule has 0 saturated carbocycles. The zero-order valence-electron chi connectivity index (χ0n) is 11.2. The maximum Gasteiger partial charge on any atom is 0.238 e. The van der Waals surface area contributed by atoms with Crippen LogP contribution in [0.15, 0.2) is 24.3 Å². The third-order valence-electron chi connectivity index (χ3n) is 3.38. The van der Waals surface area contributed by atoms with E-state index in [1.165, 1.54) is 12.8 Å². The standard InChI is InChI=1S/C15H19N3O/c1-12-4-3-7-18(10-12)11-15(19)17-14-6-2-5-13(8-14)9-16/h2,5-6,8,12H,3-4,7,10-11H2,1H3,(H,17,19). The molecule has 100 valence electrons. The van der Waals surface area contributed by atoms with E-state index in [0.717, 1.165) is 13.1 Å². The molecule has 1 atom stereocenters. The summed E-state index contributed by atoms with van der Waals surface area (Å²) in [5, 5.41) is 11.7. The van der Waals surface area contributed by atoms with Crippen molar-refractivity contribution in [2.45, 2.75) is 19.8 Å². The van der Waals surface area contributed by atoms with Crippen molar-refractivity contribution in [3.63, 3.8) is 0 Å². The van der Waals surface area contributed by atoms with Crippen LogP contribution in [-0.4, -0.2) is 30.4 Å².